The van der Waals surface area contributed by atoms with E-state index in [0.29, 0.717) is 18.7 Å². The van der Waals surface area contributed by atoms with E-state index in [1.807, 2.05) is 0 Å². The van der Waals surface area contributed by atoms with Crippen molar-refractivity contribution in [2.75, 3.05) is 6.54 Å². The van der Waals surface area contributed by atoms with E-state index in [1.165, 1.54) is 43.9 Å². The fourth-order valence-electron chi connectivity index (χ4n) is 4.15. The number of nitrogens with zero attached hydrogens (tertiary/aromatic N) is 3. The molecule has 8 heteroatoms. The van der Waals surface area contributed by atoms with E-state index in [1.54, 1.807) is 0 Å². The maximum Gasteiger partial charge on any atom is 0.280 e. The Hall–Kier alpha value is -2.35. The van der Waals surface area contributed by atoms with Crippen molar-refractivity contribution >= 4 is 5.91 Å². The van der Waals surface area contributed by atoms with Gasteiger partial charge in [-0.05, 0) is 18.9 Å². The molecule has 1 aliphatic heterocycles. The lowest BCUT2D eigenvalue weighted by Gasteiger charge is -2.36. The fraction of sp³-hybridized carbons (Fsp3) is 0.632. The van der Waals surface area contributed by atoms with Gasteiger partial charge in [0.1, 0.15) is 5.76 Å². The zero-order chi connectivity index (χ0) is 18.6. The van der Waals surface area contributed by atoms with Crippen molar-refractivity contribution in [1.29, 1.82) is 0 Å². The van der Waals surface area contributed by atoms with Crippen molar-refractivity contribution in [1.82, 2.24) is 25.2 Å². The number of rotatable bonds is 6. The molecule has 0 saturated heterocycles. The van der Waals surface area contributed by atoms with Crippen molar-refractivity contribution in [2.45, 2.75) is 70.6 Å². The zero-order valence-corrected chi connectivity index (χ0v) is 15.6. The first-order chi connectivity index (χ1) is 13.2. The van der Waals surface area contributed by atoms with E-state index >= 15 is 0 Å². The SMILES string of the molecule is O=C(CCc1cc(=O)[nH]o1)NCc1cc2n(n1)CCN(C1CCCCC1)C2. The van der Waals surface area contributed by atoms with Crippen LogP contribution in [0.25, 0.3) is 0 Å². The van der Waals surface area contributed by atoms with Gasteiger partial charge in [0.05, 0.1) is 24.5 Å². The Bertz CT molecular complexity index is 831. The number of carbonyl (C=O) groups excluding carboxylic acids is 1. The zero-order valence-electron chi connectivity index (χ0n) is 15.6. The van der Waals surface area contributed by atoms with Crippen LogP contribution in [0.1, 0.15) is 55.7 Å². The summed E-state index contributed by atoms with van der Waals surface area (Å²) in [7, 11) is 0. The van der Waals surface area contributed by atoms with Gasteiger partial charge in [0.15, 0.2) is 0 Å². The molecule has 2 aromatic heterocycles. The molecular formula is C19H27N5O3. The van der Waals surface area contributed by atoms with Crippen LogP contribution < -0.4 is 10.9 Å². The predicted octanol–water partition coefficient (Wildman–Crippen LogP) is 1.56. The monoisotopic (exact) mass is 373 g/mol. The molecule has 3 heterocycles. The molecule has 27 heavy (non-hydrogen) atoms. The van der Waals surface area contributed by atoms with E-state index < -0.39 is 0 Å². The molecule has 2 aliphatic rings. The first kappa shape index (κ1) is 18.0. The van der Waals surface area contributed by atoms with Crippen LogP contribution >= 0.6 is 0 Å². The molecule has 0 bridgehead atoms. The Morgan fingerprint density at radius 1 is 1.26 bits per heavy atom. The van der Waals surface area contributed by atoms with E-state index in [9.17, 15) is 9.59 Å². The van der Waals surface area contributed by atoms with Crippen molar-refractivity contribution < 1.29 is 9.32 Å². The average Bonchev–Trinajstić information content (AvgIpc) is 3.30. The lowest BCUT2D eigenvalue weighted by atomic mass is 9.94. The molecule has 1 amide bonds. The van der Waals surface area contributed by atoms with Gasteiger partial charge in [-0.25, -0.2) is 0 Å². The third-order valence-corrected chi connectivity index (χ3v) is 5.61. The standard InChI is InChI=1S/C19H27N5O3/c25-18(7-6-17-11-19(26)22-27-17)20-12-14-10-16-13-23(8-9-24(16)21-14)15-4-2-1-3-5-15/h10-11,15H,1-9,12-13H2,(H,20,25)(H,22,26). The highest BCUT2D eigenvalue weighted by atomic mass is 16.5. The number of carbonyl (C=O) groups is 1. The van der Waals surface area contributed by atoms with Gasteiger partial charge in [0.2, 0.25) is 5.91 Å². The highest BCUT2D eigenvalue weighted by Crippen LogP contribution is 2.26. The Labute approximate surface area is 157 Å². The fourth-order valence-corrected chi connectivity index (χ4v) is 4.15. The number of hydrogen-bond donors (Lipinski definition) is 2. The first-order valence-corrected chi connectivity index (χ1v) is 9.91. The second-order valence-electron chi connectivity index (χ2n) is 7.57. The average molecular weight is 373 g/mol. The summed E-state index contributed by atoms with van der Waals surface area (Å²) < 4.78 is 7.03. The molecule has 8 nitrogen and oxygen atoms in total. The summed E-state index contributed by atoms with van der Waals surface area (Å²) in [4.78, 5) is 25.6. The second kappa shape index (κ2) is 8.12. The summed E-state index contributed by atoms with van der Waals surface area (Å²) in [6.07, 6.45) is 7.40. The van der Waals surface area contributed by atoms with Gasteiger partial charge in [-0.1, -0.05) is 19.3 Å². The molecule has 0 radical (unpaired) electrons. The number of fused-ring (bicyclic) bond motifs is 1. The molecule has 4 rings (SSSR count). The number of aromatic amines is 1. The Morgan fingerprint density at radius 3 is 2.89 bits per heavy atom. The van der Waals surface area contributed by atoms with Crippen LogP contribution in [-0.4, -0.2) is 38.3 Å². The molecule has 0 aromatic carbocycles. The molecule has 2 N–H and O–H groups in total. The minimum absolute atomic E-state index is 0.0753. The van der Waals surface area contributed by atoms with Crippen LogP contribution in [0.4, 0.5) is 0 Å². The minimum atomic E-state index is -0.281. The van der Waals surface area contributed by atoms with E-state index in [-0.39, 0.29) is 17.9 Å². The number of nitrogens with one attached hydrogen (secondary N) is 2. The van der Waals surface area contributed by atoms with Gasteiger partial charge in [0.25, 0.3) is 5.56 Å². The van der Waals surface area contributed by atoms with Gasteiger partial charge in [0, 0.05) is 38.0 Å². The molecular weight excluding hydrogens is 346 g/mol. The summed E-state index contributed by atoms with van der Waals surface area (Å²) in [5, 5.41) is 9.76. The topological polar surface area (TPSA) is 96.2 Å². The summed E-state index contributed by atoms with van der Waals surface area (Å²) in [5.74, 6) is 0.420. The maximum atomic E-state index is 12.0. The van der Waals surface area contributed by atoms with E-state index in [4.69, 9.17) is 4.52 Å². The van der Waals surface area contributed by atoms with Crippen molar-refractivity contribution in [3.8, 4) is 0 Å². The largest absolute Gasteiger partial charge is 0.384 e. The molecule has 1 aliphatic carbocycles. The summed E-state index contributed by atoms with van der Waals surface area (Å²) >= 11 is 0. The van der Waals surface area contributed by atoms with Crippen LogP contribution in [-0.2, 0) is 30.8 Å². The molecule has 1 fully saturated rings. The first-order valence-electron chi connectivity index (χ1n) is 9.91. The van der Waals surface area contributed by atoms with Gasteiger partial charge in [-0.15, -0.1) is 0 Å². The van der Waals surface area contributed by atoms with Gasteiger partial charge in [-0.2, -0.15) is 10.3 Å². The molecule has 0 unspecified atom stereocenters. The van der Waals surface area contributed by atoms with E-state index in [2.05, 4.69) is 31.2 Å². The molecule has 146 valence electrons. The Morgan fingerprint density at radius 2 is 2.11 bits per heavy atom. The lowest BCUT2D eigenvalue weighted by molar-refractivity contribution is -0.121. The maximum absolute atomic E-state index is 12.0. The van der Waals surface area contributed by atoms with Crippen LogP contribution in [0.3, 0.4) is 0 Å². The van der Waals surface area contributed by atoms with Gasteiger partial charge >= 0.3 is 0 Å². The molecule has 0 atom stereocenters. The number of amides is 1. The number of aryl methyl sites for hydroxylation is 1. The summed E-state index contributed by atoms with van der Waals surface area (Å²) in [6, 6.07) is 4.20. The molecule has 0 spiro atoms. The second-order valence-corrected chi connectivity index (χ2v) is 7.57. The third kappa shape index (κ3) is 4.50. The molecule has 2 aromatic rings. The van der Waals surface area contributed by atoms with E-state index in [0.717, 1.165) is 31.4 Å². The van der Waals surface area contributed by atoms with Crippen molar-refractivity contribution in [3.05, 3.63) is 39.6 Å². The summed E-state index contributed by atoms with van der Waals surface area (Å²) in [5.41, 5.74) is 1.86. The van der Waals surface area contributed by atoms with Crippen LogP contribution in [0.15, 0.2) is 21.5 Å². The lowest BCUT2D eigenvalue weighted by Crippen LogP contribution is -2.42. The number of hydrogen-bond acceptors (Lipinski definition) is 5. The highest BCUT2D eigenvalue weighted by Gasteiger charge is 2.25. The van der Waals surface area contributed by atoms with Crippen LogP contribution in [0, 0.1) is 0 Å². The van der Waals surface area contributed by atoms with Gasteiger partial charge in [-0.3, -0.25) is 19.2 Å². The molecule has 1 saturated carbocycles. The predicted molar refractivity (Wildman–Crippen MR) is 99.0 cm³/mol. The van der Waals surface area contributed by atoms with Gasteiger partial charge < -0.3 is 9.84 Å². The van der Waals surface area contributed by atoms with Crippen LogP contribution in [0.5, 0.6) is 0 Å². The normalized spacial score (nSPS) is 18.4. The Kier molecular flexibility index (Phi) is 5.42. The van der Waals surface area contributed by atoms with Crippen LogP contribution in [0.2, 0.25) is 0 Å². The summed E-state index contributed by atoms with van der Waals surface area (Å²) in [6.45, 7) is 3.37. The van der Waals surface area contributed by atoms with Crippen molar-refractivity contribution in [3.63, 3.8) is 0 Å². The third-order valence-electron chi connectivity index (χ3n) is 5.61. The number of aromatic nitrogens is 3. The van der Waals surface area contributed by atoms with Crippen molar-refractivity contribution in [2.24, 2.45) is 0 Å². The quantitative estimate of drug-likeness (QED) is 0.801. The number of H-pyrrole nitrogens is 1. The Balaban J connectivity index is 1.26. The highest BCUT2D eigenvalue weighted by molar-refractivity contribution is 5.76. The minimum Gasteiger partial charge on any atom is -0.384 e. The smallest absolute Gasteiger partial charge is 0.280 e.